The van der Waals surface area contributed by atoms with Gasteiger partial charge in [-0.25, -0.2) is 4.98 Å². The Hall–Kier alpha value is -3.72. The highest BCUT2D eigenvalue weighted by Crippen LogP contribution is 2.38. The van der Waals surface area contributed by atoms with E-state index in [9.17, 15) is 5.26 Å². The zero-order valence-electron chi connectivity index (χ0n) is 17.8. The molecule has 2 N–H and O–H groups in total. The van der Waals surface area contributed by atoms with Crippen LogP contribution in [0, 0.1) is 11.3 Å². The number of benzene rings is 2. The van der Waals surface area contributed by atoms with Crippen LogP contribution in [-0.4, -0.2) is 19.2 Å². The first-order valence-electron chi connectivity index (χ1n) is 10.3. The van der Waals surface area contributed by atoms with Crippen molar-refractivity contribution in [3.8, 4) is 34.4 Å². The summed E-state index contributed by atoms with van der Waals surface area (Å²) in [7, 11) is 3.27. The fraction of sp³-hybridized carbons (Fsp3) is 0.280. The van der Waals surface area contributed by atoms with E-state index < -0.39 is 0 Å². The van der Waals surface area contributed by atoms with Crippen LogP contribution in [0.1, 0.15) is 35.2 Å². The number of methoxy groups -OCH3 is 2. The molecular formula is C25H25N3O3. The molecule has 0 radical (unpaired) electrons. The quantitative estimate of drug-likeness (QED) is 0.629. The van der Waals surface area contributed by atoms with Gasteiger partial charge in [0.2, 0.25) is 0 Å². The maximum Gasteiger partial charge on any atom is 0.142 e. The Labute approximate surface area is 182 Å². The Kier molecular flexibility index (Phi) is 5.94. The van der Waals surface area contributed by atoms with E-state index in [4.69, 9.17) is 19.9 Å². The third-order valence-corrected chi connectivity index (χ3v) is 5.64. The smallest absolute Gasteiger partial charge is 0.142 e. The second-order valence-corrected chi connectivity index (χ2v) is 7.48. The molecule has 0 bridgehead atoms. The molecule has 0 unspecified atom stereocenters. The van der Waals surface area contributed by atoms with Gasteiger partial charge in [-0.1, -0.05) is 12.1 Å². The molecule has 1 aliphatic carbocycles. The summed E-state index contributed by atoms with van der Waals surface area (Å²) in [4.78, 5) is 4.50. The number of aryl methyl sites for hydroxylation is 1. The largest absolute Gasteiger partial charge is 0.497 e. The molecule has 0 saturated heterocycles. The van der Waals surface area contributed by atoms with Crippen LogP contribution in [0.5, 0.6) is 17.2 Å². The van der Waals surface area contributed by atoms with Crippen LogP contribution in [0.3, 0.4) is 0 Å². The zero-order valence-corrected chi connectivity index (χ0v) is 17.8. The van der Waals surface area contributed by atoms with Gasteiger partial charge in [0.25, 0.3) is 0 Å². The van der Waals surface area contributed by atoms with Gasteiger partial charge in [-0.05, 0) is 67.1 Å². The van der Waals surface area contributed by atoms with Gasteiger partial charge >= 0.3 is 0 Å². The van der Waals surface area contributed by atoms with Gasteiger partial charge < -0.3 is 19.9 Å². The third-order valence-electron chi connectivity index (χ3n) is 5.64. The minimum atomic E-state index is 0.295. The molecule has 4 rings (SSSR count). The fourth-order valence-electron chi connectivity index (χ4n) is 4.05. The summed E-state index contributed by atoms with van der Waals surface area (Å²) in [6.07, 6.45) is 3.97. The summed E-state index contributed by atoms with van der Waals surface area (Å²) in [5.41, 5.74) is 11.4. The highest BCUT2D eigenvalue weighted by atomic mass is 16.5. The summed E-state index contributed by atoms with van der Waals surface area (Å²) in [6.45, 7) is 0.359. The number of ether oxygens (including phenoxy) is 3. The standard InChI is InChI=1S/C25H25N3O3/c1-29-18-9-11-19(12-10-18)31-15-17-8-7-16(13-23(17)30-2)24-20-5-3-4-6-22(20)28-25(27)21(24)14-26/h7-13H,3-6,15H2,1-2H3,(H2,27,28). The molecular weight excluding hydrogens is 390 g/mol. The second kappa shape index (κ2) is 8.97. The lowest BCUT2D eigenvalue weighted by Gasteiger charge is -2.21. The van der Waals surface area contributed by atoms with Gasteiger partial charge in [0, 0.05) is 16.8 Å². The topological polar surface area (TPSA) is 90.4 Å². The van der Waals surface area contributed by atoms with Crippen LogP contribution < -0.4 is 19.9 Å². The average molecular weight is 415 g/mol. The molecule has 6 nitrogen and oxygen atoms in total. The number of nitrogens with two attached hydrogens (primary N) is 1. The van der Waals surface area contributed by atoms with Crippen molar-refractivity contribution < 1.29 is 14.2 Å². The number of nitrogen functional groups attached to an aromatic ring is 1. The Morgan fingerprint density at radius 3 is 2.45 bits per heavy atom. The summed E-state index contributed by atoms with van der Waals surface area (Å²) in [5.74, 6) is 2.52. The van der Waals surface area contributed by atoms with Crippen LogP contribution in [0.15, 0.2) is 42.5 Å². The van der Waals surface area contributed by atoms with Crippen molar-refractivity contribution >= 4 is 5.82 Å². The molecule has 158 valence electrons. The Balaban J connectivity index is 1.67. The number of aromatic nitrogens is 1. The van der Waals surface area contributed by atoms with E-state index in [1.54, 1.807) is 14.2 Å². The summed E-state index contributed by atoms with van der Waals surface area (Å²) >= 11 is 0. The van der Waals surface area contributed by atoms with E-state index in [1.807, 2.05) is 42.5 Å². The van der Waals surface area contributed by atoms with Crippen molar-refractivity contribution in [2.24, 2.45) is 0 Å². The van der Waals surface area contributed by atoms with E-state index in [0.29, 0.717) is 23.7 Å². The van der Waals surface area contributed by atoms with Crippen LogP contribution in [0.4, 0.5) is 5.82 Å². The zero-order chi connectivity index (χ0) is 21.8. The SMILES string of the molecule is COc1ccc(OCc2ccc(-c3c(C#N)c(N)nc4c3CCCC4)cc2OC)cc1. The van der Waals surface area contributed by atoms with Crippen LogP contribution in [-0.2, 0) is 19.4 Å². The summed E-state index contributed by atoms with van der Waals surface area (Å²) in [5, 5.41) is 9.76. The molecule has 1 heterocycles. The molecule has 0 saturated carbocycles. The van der Waals surface area contributed by atoms with Gasteiger partial charge in [0.1, 0.15) is 41.3 Å². The van der Waals surface area contributed by atoms with Gasteiger partial charge in [0.05, 0.1) is 14.2 Å². The number of fused-ring (bicyclic) bond motifs is 1. The highest BCUT2D eigenvalue weighted by Gasteiger charge is 2.22. The van der Waals surface area contributed by atoms with E-state index in [2.05, 4.69) is 11.1 Å². The van der Waals surface area contributed by atoms with Crippen LogP contribution in [0.25, 0.3) is 11.1 Å². The lowest BCUT2D eigenvalue weighted by Crippen LogP contribution is -2.12. The maximum absolute atomic E-state index is 9.76. The first-order valence-corrected chi connectivity index (χ1v) is 10.3. The number of nitriles is 1. The molecule has 0 fully saturated rings. The van der Waals surface area contributed by atoms with E-state index in [0.717, 1.165) is 65.1 Å². The number of pyridine rings is 1. The number of hydrogen-bond donors (Lipinski definition) is 1. The first-order chi connectivity index (χ1) is 15.1. The molecule has 2 aromatic carbocycles. The Bertz CT molecular complexity index is 1130. The molecule has 1 aromatic heterocycles. The van der Waals surface area contributed by atoms with Crippen molar-refractivity contribution in [1.29, 1.82) is 5.26 Å². The van der Waals surface area contributed by atoms with Crippen molar-refractivity contribution in [2.75, 3.05) is 20.0 Å². The van der Waals surface area contributed by atoms with Crippen molar-refractivity contribution in [3.63, 3.8) is 0 Å². The summed E-state index contributed by atoms with van der Waals surface area (Å²) in [6, 6.07) is 15.6. The van der Waals surface area contributed by atoms with E-state index in [1.165, 1.54) is 0 Å². The lowest BCUT2D eigenvalue weighted by molar-refractivity contribution is 0.296. The Morgan fingerprint density at radius 2 is 1.74 bits per heavy atom. The number of anilines is 1. The van der Waals surface area contributed by atoms with Gasteiger partial charge in [-0.2, -0.15) is 5.26 Å². The number of rotatable bonds is 6. The fourth-order valence-corrected chi connectivity index (χ4v) is 4.05. The first kappa shape index (κ1) is 20.5. The molecule has 6 heteroatoms. The van der Waals surface area contributed by atoms with Gasteiger partial charge in [0.15, 0.2) is 0 Å². The molecule has 3 aromatic rings. The highest BCUT2D eigenvalue weighted by molar-refractivity contribution is 5.80. The lowest BCUT2D eigenvalue weighted by atomic mass is 9.86. The molecule has 0 atom stereocenters. The predicted octanol–water partition coefficient (Wildman–Crippen LogP) is 4.68. The third kappa shape index (κ3) is 4.13. The van der Waals surface area contributed by atoms with Crippen molar-refractivity contribution in [3.05, 3.63) is 64.8 Å². The second-order valence-electron chi connectivity index (χ2n) is 7.48. The number of hydrogen-bond acceptors (Lipinski definition) is 6. The van der Waals surface area contributed by atoms with Crippen molar-refractivity contribution in [2.45, 2.75) is 32.3 Å². The normalized spacial score (nSPS) is 12.5. The van der Waals surface area contributed by atoms with Crippen LogP contribution >= 0.6 is 0 Å². The van der Waals surface area contributed by atoms with Crippen LogP contribution in [0.2, 0.25) is 0 Å². The Morgan fingerprint density at radius 1 is 1.00 bits per heavy atom. The van der Waals surface area contributed by atoms with E-state index in [-0.39, 0.29) is 0 Å². The molecule has 0 amide bonds. The maximum atomic E-state index is 9.76. The van der Waals surface area contributed by atoms with Crippen molar-refractivity contribution in [1.82, 2.24) is 4.98 Å². The average Bonchev–Trinajstić information content (AvgIpc) is 2.82. The monoisotopic (exact) mass is 415 g/mol. The van der Waals surface area contributed by atoms with Gasteiger partial charge in [-0.3, -0.25) is 0 Å². The molecule has 0 aliphatic heterocycles. The molecule has 0 spiro atoms. The van der Waals surface area contributed by atoms with E-state index >= 15 is 0 Å². The van der Waals surface area contributed by atoms with Gasteiger partial charge in [-0.15, -0.1) is 0 Å². The number of nitrogens with zero attached hydrogens (tertiary/aromatic N) is 2. The minimum absolute atomic E-state index is 0.295. The predicted molar refractivity (Wildman–Crippen MR) is 119 cm³/mol. The minimum Gasteiger partial charge on any atom is -0.497 e. The molecule has 1 aliphatic rings. The summed E-state index contributed by atoms with van der Waals surface area (Å²) < 4.78 is 16.7. The molecule has 31 heavy (non-hydrogen) atoms.